The van der Waals surface area contributed by atoms with E-state index in [2.05, 4.69) is 5.10 Å². The van der Waals surface area contributed by atoms with E-state index in [1.807, 2.05) is 4.90 Å². The first-order chi connectivity index (χ1) is 16.6. The van der Waals surface area contributed by atoms with Gasteiger partial charge in [0.2, 0.25) is 0 Å². The average molecular weight is 458 g/mol. The van der Waals surface area contributed by atoms with Crippen LogP contribution in [0.1, 0.15) is 10.5 Å². The maximum Gasteiger partial charge on any atom is 0.279 e. The standard InChI is InChI=1S/C26H23FN4O3/c1-34-19-12-10-18(11-13-19)31-25(32)21-7-3-2-6-20(21)24(28-31)26(33)30-16-14-29(15-17-30)23-9-5-4-8-22(23)27/h2-13H,14-17H2,1H3. The van der Waals surface area contributed by atoms with Crippen LogP contribution >= 0.6 is 0 Å². The highest BCUT2D eigenvalue weighted by Gasteiger charge is 2.27. The number of carbonyl (C=O) groups is 1. The molecular formula is C26H23FN4O3. The van der Waals surface area contributed by atoms with Crippen LogP contribution in [-0.4, -0.2) is 53.9 Å². The normalized spacial score (nSPS) is 13.8. The molecule has 0 saturated carbocycles. The molecule has 5 rings (SSSR count). The Bertz CT molecular complexity index is 1410. The van der Waals surface area contributed by atoms with Gasteiger partial charge in [-0.3, -0.25) is 9.59 Å². The molecule has 1 aliphatic rings. The Balaban J connectivity index is 1.48. The largest absolute Gasteiger partial charge is 0.497 e. The van der Waals surface area contributed by atoms with Gasteiger partial charge in [0.1, 0.15) is 11.6 Å². The maximum absolute atomic E-state index is 14.2. The molecule has 1 aromatic heterocycles. The molecule has 0 N–H and O–H groups in total. The lowest BCUT2D eigenvalue weighted by atomic mass is 10.1. The maximum atomic E-state index is 14.2. The number of para-hydroxylation sites is 1. The van der Waals surface area contributed by atoms with E-state index in [0.717, 1.165) is 0 Å². The van der Waals surface area contributed by atoms with Crippen molar-refractivity contribution in [2.24, 2.45) is 0 Å². The van der Waals surface area contributed by atoms with Crippen LogP contribution < -0.4 is 15.2 Å². The summed E-state index contributed by atoms with van der Waals surface area (Å²) in [4.78, 5) is 30.4. The molecule has 172 valence electrons. The molecule has 1 aliphatic heterocycles. The van der Waals surface area contributed by atoms with E-state index in [1.54, 1.807) is 78.7 Å². The second-order valence-electron chi connectivity index (χ2n) is 8.04. The van der Waals surface area contributed by atoms with Gasteiger partial charge in [-0.1, -0.05) is 30.3 Å². The molecule has 0 bridgehead atoms. The van der Waals surface area contributed by atoms with Gasteiger partial charge in [0.05, 0.1) is 23.9 Å². The number of hydrogen-bond donors (Lipinski definition) is 0. The molecule has 0 unspecified atom stereocenters. The molecule has 0 spiro atoms. The Morgan fingerprint density at radius 3 is 2.21 bits per heavy atom. The minimum Gasteiger partial charge on any atom is -0.497 e. The number of nitrogens with zero attached hydrogens (tertiary/aromatic N) is 4. The fourth-order valence-corrected chi connectivity index (χ4v) is 4.25. The molecule has 0 radical (unpaired) electrons. The van der Waals surface area contributed by atoms with E-state index < -0.39 is 0 Å². The summed E-state index contributed by atoms with van der Waals surface area (Å²) >= 11 is 0. The van der Waals surface area contributed by atoms with Gasteiger partial charge in [0.15, 0.2) is 5.69 Å². The van der Waals surface area contributed by atoms with Crippen molar-refractivity contribution < 1.29 is 13.9 Å². The fourth-order valence-electron chi connectivity index (χ4n) is 4.25. The number of benzene rings is 3. The third-order valence-electron chi connectivity index (χ3n) is 6.08. The zero-order valence-corrected chi connectivity index (χ0v) is 18.6. The Morgan fingerprint density at radius 1 is 0.882 bits per heavy atom. The third-order valence-corrected chi connectivity index (χ3v) is 6.08. The predicted molar refractivity (Wildman–Crippen MR) is 128 cm³/mol. The number of methoxy groups -OCH3 is 1. The van der Waals surface area contributed by atoms with E-state index in [9.17, 15) is 14.0 Å². The number of fused-ring (bicyclic) bond motifs is 1. The zero-order chi connectivity index (χ0) is 23.7. The second kappa shape index (κ2) is 8.97. The van der Waals surface area contributed by atoms with Crippen molar-refractivity contribution in [1.29, 1.82) is 0 Å². The Kier molecular flexibility index (Phi) is 5.71. The second-order valence-corrected chi connectivity index (χ2v) is 8.04. The molecule has 34 heavy (non-hydrogen) atoms. The van der Waals surface area contributed by atoms with E-state index in [-0.39, 0.29) is 23.0 Å². The van der Waals surface area contributed by atoms with Crippen LogP contribution in [0.2, 0.25) is 0 Å². The monoisotopic (exact) mass is 458 g/mol. The van der Waals surface area contributed by atoms with Crippen molar-refractivity contribution >= 4 is 22.4 Å². The van der Waals surface area contributed by atoms with Crippen molar-refractivity contribution in [1.82, 2.24) is 14.7 Å². The van der Waals surface area contributed by atoms with E-state index >= 15 is 0 Å². The van der Waals surface area contributed by atoms with E-state index in [0.29, 0.717) is 54.1 Å². The van der Waals surface area contributed by atoms with Gasteiger partial charge >= 0.3 is 0 Å². The number of piperazine rings is 1. The lowest BCUT2D eigenvalue weighted by Crippen LogP contribution is -2.49. The van der Waals surface area contributed by atoms with Gasteiger partial charge in [0.25, 0.3) is 11.5 Å². The molecule has 2 heterocycles. The first-order valence-corrected chi connectivity index (χ1v) is 11.0. The van der Waals surface area contributed by atoms with Crippen LogP contribution in [0, 0.1) is 5.82 Å². The van der Waals surface area contributed by atoms with Crippen LogP contribution in [0.5, 0.6) is 5.75 Å². The van der Waals surface area contributed by atoms with E-state index in [4.69, 9.17) is 4.74 Å². The van der Waals surface area contributed by atoms with Crippen molar-refractivity contribution in [3.63, 3.8) is 0 Å². The molecule has 4 aromatic rings. The van der Waals surface area contributed by atoms with Crippen molar-refractivity contribution in [2.75, 3.05) is 38.2 Å². The Hall–Kier alpha value is -4.20. The Labute approximate surface area is 195 Å². The number of amides is 1. The molecule has 1 amide bonds. The summed E-state index contributed by atoms with van der Waals surface area (Å²) in [7, 11) is 1.57. The lowest BCUT2D eigenvalue weighted by molar-refractivity contribution is 0.0741. The van der Waals surface area contributed by atoms with Gasteiger partial charge in [-0.25, -0.2) is 4.39 Å². The first-order valence-electron chi connectivity index (χ1n) is 11.0. The zero-order valence-electron chi connectivity index (χ0n) is 18.6. The highest BCUT2D eigenvalue weighted by Crippen LogP contribution is 2.22. The van der Waals surface area contributed by atoms with Crippen LogP contribution in [0.3, 0.4) is 0 Å². The Morgan fingerprint density at radius 2 is 1.53 bits per heavy atom. The number of aromatic nitrogens is 2. The first kappa shape index (κ1) is 21.6. The third kappa shape index (κ3) is 3.87. The summed E-state index contributed by atoms with van der Waals surface area (Å²) in [5.41, 5.74) is 0.980. The predicted octanol–water partition coefficient (Wildman–Crippen LogP) is 3.50. The number of halogens is 1. The summed E-state index contributed by atoms with van der Waals surface area (Å²) in [5, 5.41) is 5.42. The van der Waals surface area contributed by atoms with Gasteiger partial charge in [-0.15, -0.1) is 0 Å². The van der Waals surface area contributed by atoms with Crippen LogP contribution in [0.15, 0.2) is 77.6 Å². The highest BCUT2D eigenvalue weighted by molar-refractivity contribution is 6.05. The molecule has 7 nitrogen and oxygen atoms in total. The number of rotatable bonds is 4. The van der Waals surface area contributed by atoms with Crippen LogP contribution in [-0.2, 0) is 0 Å². The van der Waals surface area contributed by atoms with Crippen molar-refractivity contribution in [2.45, 2.75) is 0 Å². The topological polar surface area (TPSA) is 67.7 Å². The van der Waals surface area contributed by atoms with Crippen molar-refractivity contribution in [3.05, 3.63) is 94.7 Å². The van der Waals surface area contributed by atoms with Gasteiger partial charge in [-0.2, -0.15) is 9.78 Å². The molecule has 3 aromatic carbocycles. The van der Waals surface area contributed by atoms with Gasteiger partial charge in [0, 0.05) is 31.6 Å². The number of hydrogen-bond acceptors (Lipinski definition) is 5. The number of carbonyl (C=O) groups excluding carboxylic acids is 1. The molecular weight excluding hydrogens is 435 g/mol. The quantitative estimate of drug-likeness (QED) is 0.468. The lowest BCUT2D eigenvalue weighted by Gasteiger charge is -2.36. The number of ether oxygens (including phenoxy) is 1. The molecule has 1 saturated heterocycles. The van der Waals surface area contributed by atoms with Gasteiger partial charge in [-0.05, 0) is 42.5 Å². The summed E-state index contributed by atoms with van der Waals surface area (Å²) in [6, 6.07) is 20.6. The SMILES string of the molecule is COc1ccc(-n2nc(C(=O)N3CCN(c4ccccc4F)CC3)c3ccccc3c2=O)cc1. The summed E-state index contributed by atoms with van der Waals surface area (Å²) in [6.07, 6.45) is 0. The van der Waals surface area contributed by atoms with Gasteiger partial charge < -0.3 is 14.5 Å². The van der Waals surface area contributed by atoms with Crippen LogP contribution in [0.4, 0.5) is 10.1 Å². The highest BCUT2D eigenvalue weighted by atomic mass is 19.1. The molecule has 0 aliphatic carbocycles. The smallest absolute Gasteiger partial charge is 0.279 e. The molecule has 0 atom stereocenters. The minimum atomic E-state index is -0.304. The van der Waals surface area contributed by atoms with Crippen molar-refractivity contribution in [3.8, 4) is 11.4 Å². The number of anilines is 1. The van der Waals surface area contributed by atoms with E-state index in [1.165, 1.54) is 10.7 Å². The molecule has 1 fully saturated rings. The summed E-state index contributed by atoms with van der Waals surface area (Å²) in [5.74, 6) is 0.120. The minimum absolute atomic E-state index is 0.213. The molecule has 8 heteroatoms. The fraction of sp³-hybridized carbons (Fsp3) is 0.192. The summed E-state index contributed by atoms with van der Waals surface area (Å²) in [6.45, 7) is 1.85. The average Bonchev–Trinajstić information content (AvgIpc) is 2.89. The van der Waals surface area contributed by atoms with Crippen LogP contribution in [0.25, 0.3) is 16.5 Å². The summed E-state index contributed by atoms with van der Waals surface area (Å²) < 4.78 is 20.6.